The second-order valence-electron chi connectivity index (χ2n) is 3.86. The van der Waals surface area contributed by atoms with Crippen molar-refractivity contribution >= 4 is 17.9 Å². The van der Waals surface area contributed by atoms with E-state index in [2.05, 4.69) is 10.3 Å². The number of benzene rings is 1. The molecule has 1 aliphatic rings. The van der Waals surface area contributed by atoms with Crippen molar-refractivity contribution in [3.8, 4) is 11.8 Å². The highest BCUT2D eigenvalue weighted by Crippen LogP contribution is 2.25. The molecule has 1 atom stereocenters. The zero-order chi connectivity index (χ0) is 13.8. The third kappa shape index (κ3) is 2.40. The van der Waals surface area contributed by atoms with Gasteiger partial charge < -0.3 is 20.6 Å². The van der Waals surface area contributed by atoms with Crippen LogP contribution in [0, 0.1) is 11.3 Å². The first kappa shape index (κ1) is 12.6. The molecular weight excluding hydrogens is 244 g/mol. The van der Waals surface area contributed by atoms with Gasteiger partial charge in [0.05, 0.1) is 24.4 Å². The molecule has 3 N–H and O–H groups in total. The maximum Gasteiger partial charge on any atom is 0.194 e. The summed E-state index contributed by atoms with van der Waals surface area (Å²) in [5.41, 5.74) is 6.96. The SMILES string of the molecule is COc1ccc(C2=C(C#N)C(C=O)NC(N)=N2)cc1. The van der Waals surface area contributed by atoms with Gasteiger partial charge >= 0.3 is 0 Å². The van der Waals surface area contributed by atoms with Gasteiger partial charge in [-0.05, 0) is 24.3 Å². The fraction of sp³-hybridized carbons (Fsp3) is 0.154. The van der Waals surface area contributed by atoms with Crippen LogP contribution in [0.1, 0.15) is 5.56 Å². The predicted molar refractivity (Wildman–Crippen MR) is 70.1 cm³/mol. The van der Waals surface area contributed by atoms with Gasteiger partial charge in [-0.1, -0.05) is 0 Å². The maximum atomic E-state index is 11.0. The lowest BCUT2D eigenvalue weighted by Gasteiger charge is -2.20. The Morgan fingerprint density at radius 3 is 2.68 bits per heavy atom. The molecule has 96 valence electrons. The van der Waals surface area contributed by atoms with Crippen LogP contribution < -0.4 is 15.8 Å². The fourth-order valence-electron chi connectivity index (χ4n) is 1.79. The number of ether oxygens (including phenoxy) is 1. The standard InChI is InChI=1S/C13H12N4O2/c1-19-9-4-2-8(3-5-9)12-10(6-14)11(7-18)16-13(15)17-12/h2-5,7,11H,1H3,(H3,15,16,17). The van der Waals surface area contributed by atoms with Gasteiger partial charge in [-0.15, -0.1) is 0 Å². The number of carbonyl (C=O) groups excluding carboxylic acids is 1. The summed E-state index contributed by atoms with van der Waals surface area (Å²) in [5, 5.41) is 11.8. The molecule has 6 heteroatoms. The summed E-state index contributed by atoms with van der Waals surface area (Å²) in [6, 6.07) is 8.25. The summed E-state index contributed by atoms with van der Waals surface area (Å²) in [6.45, 7) is 0. The number of hydrogen-bond donors (Lipinski definition) is 2. The van der Waals surface area contributed by atoms with Gasteiger partial charge in [-0.2, -0.15) is 5.26 Å². The number of nitrogens with one attached hydrogen (secondary N) is 1. The van der Waals surface area contributed by atoms with Crippen LogP contribution in [-0.2, 0) is 4.79 Å². The molecular formula is C13H12N4O2. The van der Waals surface area contributed by atoms with Crippen LogP contribution in [0.4, 0.5) is 0 Å². The smallest absolute Gasteiger partial charge is 0.194 e. The second-order valence-corrected chi connectivity index (χ2v) is 3.86. The minimum absolute atomic E-state index is 0.113. The summed E-state index contributed by atoms with van der Waals surface area (Å²) in [5.74, 6) is 0.808. The molecule has 0 radical (unpaired) electrons. The molecule has 0 saturated heterocycles. The summed E-state index contributed by atoms with van der Waals surface area (Å²) in [4.78, 5) is 15.1. The number of carbonyl (C=O) groups is 1. The molecule has 0 aliphatic carbocycles. The van der Waals surface area contributed by atoms with E-state index in [1.165, 1.54) is 0 Å². The molecule has 1 aromatic rings. The van der Waals surface area contributed by atoms with Crippen LogP contribution in [0.2, 0.25) is 0 Å². The molecule has 1 aliphatic heterocycles. The van der Waals surface area contributed by atoms with Gasteiger partial charge in [0.15, 0.2) is 5.96 Å². The molecule has 19 heavy (non-hydrogen) atoms. The van der Waals surface area contributed by atoms with Crippen molar-refractivity contribution in [2.75, 3.05) is 7.11 Å². The highest BCUT2D eigenvalue weighted by atomic mass is 16.5. The average molecular weight is 256 g/mol. The lowest BCUT2D eigenvalue weighted by molar-refractivity contribution is -0.108. The molecule has 0 aromatic heterocycles. The number of rotatable bonds is 3. The Balaban J connectivity index is 2.52. The monoisotopic (exact) mass is 256 g/mol. The third-order valence-electron chi connectivity index (χ3n) is 2.72. The lowest BCUT2D eigenvalue weighted by atomic mass is 10.0. The van der Waals surface area contributed by atoms with E-state index in [1.807, 2.05) is 6.07 Å². The lowest BCUT2D eigenvalue weighted by Crippen LogP contribution is -2.44. The minimum atomic E-state index is -0.764. The van der Waals surface area contributed by atoms with Gasteiger partial charge in [0.2, 0.25) is 0 Å². The molecule has 0 spiro atoms. The average Bonchev–Trinajstić information content (AvgIpc) is 2.46. The van der Waals surface area contributed by atoms with E-state index < -0.39 is 6.04 Å². The number of nitrogens with zero attached hydrogens (tertiary/aromatic N) is 2. The van der Waals surface area contributed by atoms with E-state index >= 15 is 0 Å². The minimum Gasteiger partial charge on any atom is -0.497 e. The first-order valence-corrected chi connectivity index (χ1v) is 5.54. The number of guanidine groups is 1. The number of hydrogen-bond acceptors (Lipinski definition) is 6. The summed E-state index contributed by atoms with van der Waals surface area (Å²) in [7, 11) is 1.57. The van der Waals surface area contributed by atoms with Crippen LogP contribution >= 0.6 is 0 Å². The Bertz CT molecular complexity index is 596. The Kier molecular flexibility index (Phi) is 3.48. The molecule has 6 nitrogen and oxygen atoms in total. The van der Waals surface area contributed by atoms with Crippen LogP contribution in [-0.4, -0.2) is 25.4 Å². The molecule has 2 rings (SSSR count). The summed E-state index contributed by atoms with van der Waals surface area (Å²) in [6.07, 6.45) is 0.629. The Hall–Kier alpha value is -2.81. The van der Waals surface area contributed by atoms with Gasteiger partial charge in [0.1, 0.15) is 18.1 Å². The topological polar surface area (TPSA) is 100 Å². The van der Waals surface area contributed by atoms with Crippen molar-refractivity contribution in [1.82, 2.24) is 5.32 Å². The zero-order valence-electron chi connectivity index (χ0n) is 10.3. The maximum absolute atomic E-state index is 11.0. The summed E-state index contributed by atoms with van der Waals surface area (Å²) < 4.78 is 5.06. The number of nitriles is 1. The van der Waals surface area contributed by atoms with Crippen LogP contribution in [0.15, 0.2) is 34.8 Å². The number of aldehydes is 1. The van der Waals surface area contributed by atoms with Crippen molar-refractivity contribution in [2.24, 2.45) is 10.7 Å². The molecule has 0 amide bonds. The van der Waals surface area contributed by atoms with Crippen molar-refractivity contribution < 1.29 is 9.53 Å². The van der Waals surface area contributed by atoms with Crippen molar-refractivity contribution in [3.63, 3.8) is 0 Å². The Morgan fingerprint density at radius 1 is 1.47 bits per heavy atom. The fourth-order valence-corrected chi connectivity index (χ4v) is 1.79. The van der Waals surface area contributed by atoms with E-state index in [0.29, 0.717) is 23.3 Å². The highest BCUT2D eigenvalue weighted by Gasteiger charge is 2.24. The van der Waals surface area contributed by atoms with Gasteiger partial charge in [-0.25, -0.2) is 4.99 Å². The molecule has 1 heterocycles. The molecule has 1 unspecified atom stereocenters. The van der Waals surface area contributed by atoms with E-state index in [9.17, 15) is 4.79 Å². The van der Waals surface area contributed by atoms with Crippen molar-refractivity contribution in [3.05, 3.63) is 35.4 Å². The zero-order valence-corrected chi connectivity index (χ0v) is 10.3. The van der Waals surface area contributed by atoms with Crippen molar-refractivity contribution in [1.29, 1.82) is 5.26 Å². The van der Waals surface area contributed by atoms with Gasteiger partial charge in [-0.3, -0.25) is 0 Å². The molecule has 0 bridgehead atoms. The number of aliphatic imine (C=N–C) groups is 1. The quantitative estimate of drug-likeness (QED) is 0.763. The summed E-state index contributed by atoms with van der Waals surface area (Å²) >= 11 is 0. The molecule has 1 aromatic carbocycles. The van der Waals surface area contributed by atoms with E-state index in [4.69, 9.17) is 15.7 Å². The van der Waals surface area contributed by atoms with Crippen LogP contribution in [0.5, 0.6) is 5.75 Å². The van der Waals surface area contributed by atoms with E-state index in [-0.39, 0.29) is 11.5 Å². The van der Waals surface area contributed by atoms with E-state index in [0.717, 1.165) is 0 Å². The van der Waals surface area contributed by atoms with Gasteiger partial charge in [0, 0.05) is 5.56 Å². The molecule has 0 saturated carbocycles. The van der Waals surface area contributed by atoms with Gasteiger partial charge in [0.25, 0.3) is 0 Å². The van der Waals surface area contributed by atoms with Crippen LogP contribution in [0.3, 0.4) is 0 Å². The van der Waals surface area contributed by atoms with Crippen molar-refractivity contribution in [2.45, 2.75) is 6.04 Å². The third-order valence-corrected chi connectivity index (χ3v) is 2.72. The number of nitrogens with two attached hydrogens (primary N) is 1. The first-order chi connectivity index (χ1) is 9.19. The number of methoxy groups -OCH3 is 1. The van der Waals surface area contributed by atoms with Crippen LogP contribution in [0.25, 0.3) is 5.70 Å². The normalized spacial score (nSPS) is 18.1. The predicted octanol–water partition coefficient (Wildman–Crippen LogP) is 0.415. The first-order valence-electron chi connectivity index (χ1n) is 5.54. The Labute approximate surface area is 110 Å². The molecule has 0 fully saturated rings. The second kappa shape index (κ2) is 5.23. The van der Waals surface area contributed by atoms with E-state index in [1.54, 1.807) is 31.4 Å². The highest BCUT2D eigenvalue weighted by molar-refractivity contribution is 5.94. The largest absolute Gasteiger partial charge is 0.497 e. The Morgan fingerprint density at radius 2 is 2.16 bits per heavy atom.